The lowest BCUT2D eigenvalue weighted by Crippen LogP contribution is -2.44. The third kappa shape index (κ3) is 4.89. The number of alkyl halides is 1. The molecular formula is C23H27ClFN7OS. The van der Waals surface area contributed by atoms with Crippen LogP contribution in [0.5, 0.6) is 5.75 Å². The summed E-state index contributed by atoms with van der Waals surface area (Å²) in [4.78, 5) is 20.9. The van der Waals surface area contributed by atoms with Gasteiger partial charge in [0.2, 0.25) is 5.95 Å². The van der Waals surface area contributed by atoms with Gasteiger partial charge < -0.3 is 24.8 Å². The Morgan fingerprint density at radius 3 is 2.68 bits per heavy atom. The van der Waals surface area contributed by atoms with Crippen molar-refractivity contribution >= 4 is 45.4 Å². The van der Waals surface area contributed by atoms with Crippen molar-refractivity contribution in [1.29, 1.82) is 0 Å². The fourth-order valence-electron chi connectivity index (χ4n) is 4.21. The smallest absolute Gasteiger partial charge is 0.227 e. The molecule has 0 bridgehead atoms. The Morgan fingerprint density at radius 2 is 1.94 bits per heavy atom. The number of nitrogens with zero attached hydrogens (tertiary/aromatic N) is 6. The molecule has 2 aliphatic rings. The van der Waals surface area contributed by atoms with E-state index in [2.05, 4.69) is 43.2 Å². The number of benzene rings is 1. The van der Waals surface area contributed by atoms with Crippen LogP contribution in [0.1, 0.15) is 6.42 Å². The first-order valence-corrected chi connectivity index (χ1v) is 12.5. The molecule has 0 spiro atoms. The van der Waals surface area contributed by atoms with Crippen molar-refractivity contribution in [3.8, 4) is 16.3 Å². The fourth-order valence-corrected chi connectivity index (χ4v) is 5.41. The first kappa shape index (κ1) is 23.1. The molecule has 11 heteroatoms. The van der Waals surface area contributed by atoms with Gasteiger partial charge in [-0.3, -0.25) is 0 Å². The molecular weight excluding hydrogens is 477 g/mol. The molecule has 0 amide bonds. The summed E-state index contributed by atoms with van der Waals surface area (Å²) in [6.45, 7) is 5.02. The van der Waals surface area contributed by atoms with Gasteiger partial charge in [-0.05, 0) is 25.6 Å². The molecule has 0 unspecified atom stereocenters. The van der Waals surface area contributed by atoms with E-state index in [4.69, 9.17) is 16.3 Å². The predicted octanol–water partition coefficient (Wildman–Crippen LogP) is 4.31. The number of thiazole rings is 1. The molecule has 2 saturated heterocycles. The van der Waals surface area contributed by atoms with E-state index in [1.807, 2.05) is 17.0 Å². The highest BCUT2D eigenvalue weighted by Crippen LogP contribution is 2.36. The number of ether oxygens (including phenoxy) is 1. The molecule has 2 fully saturated rings. The second-order valence-corrected chi connectivity index (χ2v) is 9.95. The number of hydrogen-bond donors (Lipinski definition) is 1. The summed E-state index contributed by atoms with van der Waals surface area (Å²) in [7, 11) is 3.82. The van der Waals surface area contributed by atoms with Crippen molar-refractivity contribution in [2.45, 2.75) is 12.6 Å². The second kappa shape index (κ2) is 9.89. The van der Waals surface area contributed by atoms with E-state index < -0.39 is 6.17 Å². The maximum atomic E-state index is 13.6. The van der Waals surface area contributed by atoms with Crippen LogP contribution in [0.25, 0.3) is 10.6 Å². The average Bonchev–Trinajstić information content (AvgIpc) is 3.50. The Kier molecular flexibility index (Phi) is 6.71. The first-order valence-electron chi connectivity index (χ1n) is 11.3. The van der Waals surface area contributed by atoms with E-state index in [-0.39, 0.29) is 0 Å². The third-order valence-electron chi connectivity index (χ3n) is 6.15. The van der Waals surface area contributed by atoms with Gasteiger partial charge in [-0.1, -0.05) is 22.9 Å². The fraction of sp³-hybridized carbons (Fsp3) is 0.435. The van der Waals surface area contributed by atoms with Gasteiger partial charge in [-0.15, -0.1) is 0 Å². The highest BCUT2D eigenvalue weighted by atomic mass is 35.5. The number of anilines is 4. The molecule has 34 heavy (non-hydrogen) atoms. The number of piperazine rings is 1. The lowest BCUT2D eigenvalue weighted by Gasteiger charge is -2.34. The monoisotopic (exact) mass is 503 g/mol. The summed E-state index contributed by atoms with van der Waals surface area (Å²) in [5, 5.41) is 4.48. The van der Waals surface area contributed by atoms with Crippen LogP contribution in [-0.4, -0.2) is 79.4 Å². The van der Waals surface area contributed by atoms with E-state index in [0.717, 1.165) is 53.3 Å². The largest absolute Gasteiger partial charge is 0.495 e. The zero-order valence-electron chi connectivity index (χ0n) is 19.2. The maximum Gasteiger partial charge on any atom is 0.227 e. The first-order chi connectivity index (χ1) is 16.5. The zero-order chi connectivity index (χ0) is 23.7. The van der Waals surface area contributed by atoms with E-state index in [1.165, 1.54) is 11.3 Å². The van der Waals surface area contributed by atoms with E-state index >= 15 is 0 Å². The summed E-state index contributed by atoms with van der Waals surface area (Å²) >= 11 is 7.87. The minimum Gasteiger partial charge on any atom is -0.495 e. The van der Waals surface area contributed by atoms with Crippen LogP contribution in [0.3, 0.4) is 0 Å². The Bertz CT molecular complexity index is 1150. The topological polar surface area (TPSA) is 69.6 Å². The van der Waals surface area contributed by atoms with Crippen LogP contribution in [0.4, 0.5) is 26.8 Å². The van der Waals surface area contributed by atoms with Gasteiger partial charge in [-0.25, -0.2) is 19.3 Å². The molecule has 0 radical (unpaired) electrons. The summed E-state index contributed by atoms with van der Waals surface area (Å²) in [6.07, 6.45) is 3.05. The van der Waals surface area contributed by atoms with E-state index in [0.29, 0.717) is 36.2 Å². The van der Waals surface area contributed by atoms with Gasteiger partial charge in [0.15, 0.2) is 5.13 Å². The van der Waals surface area contributed by atoms with Crippen LogP contribution in [0, 0.1) is 0 Å². The maximum absolute atomic E-state index is 13.6. The minimum atomic E-state index is -0.801. The number of methoxy groups -OCH3 is 1. The normalized spacial score (nSPS) is 19.0. The Labute approximate surface area is 207 Å². The Balaban J connectivity index is 1.34. The number of rotatable bonds is 6. The molecule has 2 aliphatic heterocycles. The van der Waals surface area contributed by atoms with Crippen molar-refractivity contribution < 1.29 is 9.13 Å². The lowest BCUT2D eigenvalue weighted by molar-refractivity contribution is 0.311. The standard InChI is InChI=1S/C23H27ClFN7OS/c1-30-7-9-31(10-8-30)18-4-3-16(11-19(18)33-2)28-22-26-12-17(24)21(29-22)20-13-27-23(34-20)32-6-5-15(25)14-32/h3-4,11-13,15H,5-10,14H2,1-2H3,(H,26,28,29)/t15-/m0/s1. The summed E-state index contributed by atoms with van der Waals surface area (Å²) in [5.41, 5.74) is 2.49. The molecule has 3 aromatic rings. The molecule has 2 aromatic heterocycles. The summed E-state index contributed by atoms with van der Waals surface area (Å²) in [6, 6.07) is 6.02. The van der Waals surface area contributed by atoms with Gasteiger partial charge in [-0.2, -0.15) is 0 Å². The quantitative estimate of drug-likeness (QED) is 0.534. The molecule has 1 atom stereocenters. The minimum absolute atomic E-state index is 0.378. The molecule has 5 rings (SSSR count). The predicted molar refractivity (Wildman–Crippen MR) is 136 cm³/mol. The van der Waals surface area contributed by atoms with Gasteiger partial charge in [0.1, 0.15) is 17.6 Å². The van der Waals surface area contributed by atoms with Crippen molar-refractivity contribution in [2.75, 3.05) is 68.5 Å². The van der Waals surface area contributed by atoms with Gasteiger partial charge in [0.05, 0.1) is 35.4 Å². The summed E-state index contributed by atoms with van der Waals surface area (Å²) < 4.78 is 19.3. The van der Waals surface area contributed by atoms with Crippen LogP contribution in [-0.2, 0) is 0 Å². The third-order valence-corrected chi connectivity index (χ3v) is 7.49. The highest BCUT2D eigenvalue weighted by Gasteiger charge is 2.25. The molecule has 0 saturated carbocycles. The number of hydrogen-bond acceptors (Lipinski definition) is 9. The Hall–Kier alpha value is -2.69. The number of aromatic nitrogens is 3. The SMILES string of the molecule is COc1cc(Nc2ncc(Cl)c(-c3cnc(N4CC[C@H](F)C4)s3)n2)ccc1N1CCN(C)CC1. The van der Waals surface area contributed by atoms with Crippen LogP contribution < -0.4 is 19.9 Å². The van der Waals surface area contributed by atoms with Crippen LogP contribution in [0.15, 0.2) is 30.6 Å². The molecule has 1 N–H and O–H groups in total. The zero-order valence-corrected chi connectivity index (χ0v) is 20.7. The molecule has 8 nitrogen and oxygen atoms in total. The highest BCUT2D eigenvalue weighted by molar-refractivity contribution is 7.18. The molecule has 0 aliphatic carbocycles. The van der Waals surface area contributed by atoms with Crippen LogP contribution in [0.2, 0.25) is 5.02 Å². The molecule has 180 valence electrons. The van der Waals surface area contributed by atoms with Gasteiger partial charge in [0.25, 0.3) is 0 Å². The number of likely N-dealkylation sites (N-methyl/N-ethyl adjacent to an activating group) is 1. The average molecular weight is 504 g/mol. The van der Waals surface area contributed by atoms with Crippen molar-refractivity contribution in [2.24, 2.45) is 0 Å². The summed E-state index contributed by atoms with van der Waals surface area (Å²) in [5.74, 6) is 1.22. The van der Waals surface area contributed by atoms with Gasteiger partial charge >= 0.3 is 0 Å². The van der Waals surface area contributed by atoms with Crippen molar-refractivity contribution in [1.82, 2.24) is 19.9 Å². The Morgan fingerprint density at radius 1 is 1.12 bits per heavy atom. The van der Waals surface area contributed by atoms with Crippen molar-refractivity contribution in [3.05, 3.63) is 35.6 Å². The number of halogens is 2. The molecule has 1 aromatic carbocycles. The lowest BCUT2D eigenvalue weighted by atomic mass is 10.2. The second-order valence-electron chi connectivity index (χ2n) is 8.53. The van der Waals surface area contributed by atoms with E-state index in [1.54, 1.807) is 19.5 Å². The van der Waals surface area contributed by atoms with Gasteiger partial charge in [0, 0.05) is 50.7 Å². The van der Waals surface area contributed by atoms with E-state index in [9.17, 15) is 4.39 Å². The van der Waals surface area contributed by atoms with Crippen LogP contribution >= 0.6 is 22.9 Å². The number of nitrogens with one attached hydrogen (secondary N) is 1. The molecule has 4 heterocycles. The van der Waals surface area contributed by atoms with Crippen molar-refractivity contribution in [3.63, 3.8) is 0 Å².